The predicted octanol–water partition coefficient (Wildman–Crippen LogP) is 0.288. The van der Waals surface area contributed by atoms with Gasteiger partial charge in [0.1, 0.15) is 11.5 Å². The first-order valence-electron chi connectivity index (χ1n) is 6.53. The fourth-order valence-corrected chi connectivity index (χ4v) is 4.48. The molecule has 2 atom stereocenters. The monoisotopic (exact) mass is 347 g/mol. The summed E-state index contributed by atoms with van der Waals surface area (Å²) in [6, 6.07) is 0. The zero-order valence-corrected chi connectivity index (χ0v) is 13.0. The van der Waals surface area contributed by atoms with E-state index in [1.165, 1.54) is 25.0 Å². The number of thioether (sulfide) groups is 1. The molecule has 8 heteroatoms. The molecule has 3 rings (SSSR count). The Morgan fingerprint density at radius 1 is 1.47 bits per heavy atom. The molecule has 3 aliphatic heterocycles. The Morgan fingerprint density at radius 2 is 2.32 bits per heavy atom. The third kappa shape index (κ3) is 2.53. The Balaban J connectivity index is 1.74. The Bertz CT molecular complexity index is 412. The Kier molecular flexibility index (Phi) is 3.81. The highest BCUT2D eigenvalue weighted by Gasteiger charge is 2.38. The van der Waals surface area contributed by atoms with E-state index in [1.54, 1.807) is 3.93 Å². The molecule has 3 aliphatic rings. The highest BCUT2D eigenvalue weighted by Crippen LogP contribution is 2.31. The molecule has 1 saturated heterocycles. The van der Waals surface area contributed by atoms with Crippen molar-refractivity contribution in [2.24, 2.45) is 5.73 Å². The molecule has 6 nitrogen and oxygen atoms in total. The second-order valence-electron chi connectivity index (χ2n) is 4.97. The van der Waals surface area contributed by atoms with Gasteiger partial charge in [-0.05, 0) is 18.6 Å². The molecule has 0 radical (unpaired) electrons. The van der Waals surface area contributed by atoms with Crippen molar-refractivity contribution in [1.29, 1.82) is 0 Å². The van der Waals surface area contributed by atoms with E-state index in [4.69, 9.17) is 5.73 Å². The Hall–Kier alpha value is -0.600. The van der Waals surface area contributed by atoms with Gasteiger partial charge >= 0.3 is 0 Å². The molecule has 19 heavy (non-hydrogen) atoms. The summed E-state index contributed by atoms with van der Waals surface area (Å²) in [5, 5.41) is 6.49. The van der Waals surface area contributed by atoms with Crippen LogP contribution in [0.5, 0.6) is 0 Å². The summed E-state index contributed by atoms with van der Waals surface area (Å²) in [6.45, 7) is 1.63. The molecule has 0 saturated carbocycles. The molecule has 3 heterocycles. The van der Waals surface area contributed by atoms with Gasteiger partial charge in [0.25, 0.3) is 5.91 Å². The summed E-state index contributed by atoms with van der Waals surface area (Å²) in [7, 11) is 0. The third-order valence-corrected chi connectivity index (χ3v) is 5.78. The minimum absolute atomic E-state index is 0.128. The lowest BCUT2D eigenvalue weighted by Gasteiger charge is -2.36. The molecule has 0 aromatic heterocycles. The quantitative estimate of drug-likeness (QED) is 0.623. The van der Waals surface area contributed by atoms with Crippen molar-refractivity contribution in [3.63, 3.8) is 0 Å². The van der Waals surface area contributed by atoms with Crippen LogP contribution in [0.2, 0.25) is 0 Å². The molecule has 0 aromatic carbocycles. The average molecular weight is 348 g/mol. The highest BCUT2D eigenvalue weighted by molar-refractivity contribution is 9.07. The maximum atomic E-state index is 11.9. The van der Waals surface area contributed by atoms with E-state index in [0.717, 1.165) is 12.4 Å². The van der Waals surface area contributed by atoms with Crippen LogP contribution in [0.1, 0.15) is 19.3 Å². The minimum Gasteiger partial charge on any atom is -0.360 e. The van der Waals surface area contributed by atoms with Gasteiger partial charge in [0, 0.05) is 11.8 Å². The topological polar surface area (TPSA) is 73.6 Å². The normalized spacial score (nSPS) is 31.2. The molecular weight excluding hydrogens is 330 g/mol. The molecule has 1 amide bonds. The van der Waals surface area contributed by atoms with Gasteiger partial charge in [-0.3, -0.25) is 14.5 Å². The molecule has 0 aromatic rings. The van der Waals surface area contributed by atoms with Crippen molar-refractivity contribution in [2.75, 3.05) is 19.0 Å². The van der Waals surface area contributed by atoms with Gasteiger partial charge in [-0.15, -0.1) is 0 Å². The van der Waals surface area contributed by atoms with Crippen LogP contribution in [-0.2, 0) is 4.79 Å². The SMILES string of the molecule is NC1NC(=O)C2=C(N(CC3CCCCS3)CN2)N1Br. The van der Waals surface area contributed by atoms with Crippen molar-refractivity contribution in [2.45, 2.75) is 30.8 Å². The predicted molar refractivity (Wildman–Crippen MR) is 78.7 cm³/mol. The fraction of sp³-hybridized carbons (Fsp3) is 0.727. The van der Waals surface area contributed by atoms with Gasteiger partial charge in [0.2, 0.25) is 0 Å². The second kappa shape index (κ2) is 5.41. The van der Waals surface area contributed by atoms with E-state index >= 15 is 0 Å². The third-order valence-electron chi connectivity index (χ3n) is 3.62. The van der Waals surface area contributed by atoms with Crippen LogP contribution < -0.4 is 16.4 Å². The van der Waals surface area contributed by atoms with Gasteiger partial charge in [0.05, 0.1) is 22.8 Å². The molecular formula is C11H18BrN5OS. The van der Waals surface area contributed by atoms with Crippen molar-refractivity contribution in [3.8, 4) is 0 Å². The number of carbonyl (C=O) groups is 1. The van der Waals surface area contributed by atoms with Crippen LogP contribution in [0.15, 0.2) is 11.5 Å². The van der Waals surface area contributed by atoms with Crippen molar-refractivity contribution < 1.29 is 4.79 Å². The summed E-state index contributed by atoms with van der Waals surface area (Å²) in [4.78, 5) is 14.1. The Morgan fingerprint density at radius 3 is 3.05 bits per heavy atom. The van der Waals surface area contributed by atoms with E-state index in [1.807, 2.05) is 11.8 Å². The lowest BCUT2D eigenvalue weighted by atomic mass is 10.2. The number of rotatable bonds is 2. The van der Waals surface area contributed by atoms with Crippen LogP contribution >= 0.6 is 27.9 Å². The van der Waals surface area contributed by atoms with E-state index in [-0.39, 0.29) is 5.91 Å². The largest absolute Gasteiger partial charge is 0.360 e. The fourth-order valence-electron chi connectivity index (χ4n) is 2.65. The highest BCUT2D eigenvalue weighted by atomic mass is 79.9. The van der Waals surface area contributed by atoms with E-state index in [0.29, 0.717) is 17.6 Å². The average Bonchev–Trinajstić information content (AvgIpc) is 2.82. The molecule has 4 N–H and O–H groups in total. The van der Waals surface area contributed by atoms with Crippen LogP contribution in [0.4, 0.5) is 0 Å². The number of hydrogen-bond acceptors (Lipinski definition) is 6. The maximum Gasteiger partial charge on any atom is 0.273 e. The molecule has 106 valence electrons. The van der Waals surface area contributed by atoms with E-state index in [9.17, 15) is 4.79 Å². The van der Waals surface area contributed by atoms with Gasteiger partial charge in [0.15, 0.2) is 6.29 Å². The van der Waals surface area contributed by atoms with Crippen molar-refractivity contribution in [3.05, 3.63) is 11.5 Å². The van der Waals surface area contributed by atoms with Crippen LogP contribution in [0.25, 0.3) is 0 Å². The van der Waals surface area contributed by atoms with Gasteiger partial charge in [-0.2, -0.15) is 11.8 Å². The lowest BCUT2D eigenvalue weighted by molar-refractivity contribution is -0.119. The van der Waals surface area contributed by atoms with E-state index < -0.39 is 6.29 Å². The van der Waals surface area contributed by atoms with Crippen molar-refractivity contribution in [1.82, 2.24) is 19.5 Å². The van der Waals surface area contributed by atoms with Crippen LogP contribution in [0, 0.1) is 0 Å². The number of nitrogens with two attached hydrogens (primary N) is 1. The first kappa shape index (κ1) is 13.4. The van der Waals surface area contributed by atoms with Crippen molar-refractivity contribution >= 4 is 33.8 Å². The smallest absolute Gasteiger partial charge is 0.273 e. The molecule has 2 unspecified atom stereocenters. The van der Waals surface area contributed by atoms with Crippen LogP contribution in [0.3, 0.4) is 0 Å². The summed E-state index contributed by atoms with van der Waals surface area (Å²) in [6.07, 6.45) is 3.37. The lowest BCUT2D eigenvalue weighted by Crippen LogP contribution is -2.56. The minimum atomic E-state index is -0.521. The number of hydrogen-bond donors (Lipinski definition) is 3. The maximum absolute atomic E-state index is 11.9. The van der Waals surface area contributed by atoms with Gasteiger partial charge in [-0.25, -0.2) is 0 Å². The molecule has 0 aliphatic carbocycles. The second-order valence-corrected chi connectivity index (χ2v) is 7.15. The van der Waals surface area contributed by atoms with Crippen LogP contribution in [-0.4, -0.2) is 45.2 Å². The molecule has 0 bridgehead atoms. The standard InChI is InChI=1S/C11H18BrN5OS/c12-17-10-8(9(18)15-11(17)13)14-6-16(10)5-7-3-1-2-4-19-7/h7,11,14H,1-6,13H2,(H,15,18). The van der Waals surface area contributed by atoms with Gasteiger partial charge in [-0.1, -0.05) is 6.42 Å². The summed E-state index contributed by atoms with van der Waals surface area (Å²) in [5.74, 6) is 1.98. The van der Waals surface area contributed by atoms with E-state index in [2.05, 4.69) is 31.7 Å². The zero-order chi connectivity index (χ0) is 13.4. The number of halogens is 1. The molecule has 1 fully saturated rings. The first-order valence-corrected chi connectivity index (χ1v) is 8.29. The number of carbonyl (C=O) groups excluding carboxylic acids is 1. The summed E-state index contributed by atoms with van der Waals surface area (Å²) in [5.41, 5.74) is 6.48. The number of nitrogens with zero attached hydrogens (tertiary/aromatic N) is 2. The Labute approximate surface area is 125 Å². The zero-order valence-electron chi connectivity index (χ0n) is 10.6. The summed E-state index contributed by atoms with van der Waals surface area (Å²) < 4.78 is 1.75. The molecule has 0 spiro atoms. The summed E-state index contributed by atoms with van der Waals surface area (Å²) >= 11 is 5.48. The van der Waals surface area contributed by atoms with Gasteiger partial charge < -0.3 is 15.5 Å². The number of nitrogens with one attached hydrogen (secondary N) is 2. The number of amides is 1. The first-order chi connectivity index (χ1) is 9.16.